The normalized spacial score (nSPS) is 10.8. The van der Waals surface area contributed by atoms with Gasteiger partial charge in [-0.25, -0.2) is 0 Å². The van der Waals surface area contributed by atoms with E-state index >= 15 is 0 Å². The maximum Gasteiger partial charge on any atom is 0.220 e. The molecule has 0 spiro atoms. The van der Waals surface area contributed by atoms with Crippen LogP contribution in [0.5, 0.6) is 0 Å². The molecule has 0 rings (SSSR count). The number of amides is 1. The third-order valence-electron chi connectivity index (χ3n) is 6.12. The smallest absolute Gasteiger partial charge is 0.220 e. The molecule has 0 atom stereocenters. The first-order valence-electron chi connectivity index (χ1n) is 14.8. The maximum atomic E-state index is 11.9. The van der Waals surface area contributed by atoms with Gasteiger partial charge in [0, 0.05) is 44.8 Å². The van der Waals surface area contributed by atoms with Gasteiger partial charge in [-0.3, -0.25) is 4.79 Å². The van der Waals surface area contributed by atoms with Crippen molar-refractivity contribution in [3.63, 3.8) is 0 Å². The molecule has 0 radical (unpaired) electrons. The van der Waals surface area contributed by atoms with Crippen molar-refractivity contribution in [3.05, 3.63) is 0 Å². The van der Waals surface area contributed by atoms with Crippen LogP contribution in [-0.2, 0) is 14.3 Å². The number of thiol groups is 1. The zero-order valence-corrected chi connectivity index (χ0v) is 24.0. The number of carbonyl (C=O) groups is 1. The topological polar surface area (TPSA) is 47.6 Å². The van der Waals surface area contributed by atoms with E-state index in [1.54, 1.807) is 0 Å². The van der Waals surface area contributed by atoms with Gasteiger partial charge in [0.05, 0.1) is 13.2 Å². The molecule has 0 aromatic rings. The molecule has 206 valence electrons. The highest BCUT2D eigenvalue weighted by Gasteiger charge is 2.00. The lowest BCUT2D eigenvalue weighted by molar-refractivity contribution is -0.121. The van der Waals surface area contributed by atoms with E-state index in [2.05, 4.69) is 36.7 Å². The van der Waals surface area contributed by atoms with Gasteiger partial charge in [0.2, 0.25) is 5.91 Å². The van der Waals surface area contributed by atoms with Crippen molar-refractivity contribution in [1.29, 1.82) is 0 Å². The molecular weight excluding hydrogens is 454 g/mol. The number of hydrogen-bond donors (Lipinski definition) is 2. The zero-order valence-electron chi connectivity index (χ0n) is 23.1. The zero-order chi connectivity index (χ0) is 25.5. The van der Waals surface area contributed by atoms with Gasteiger partial charge in [-0.05, 0) is 38.5 Å². The van der Waals surface area contributed by atoms with E-state index in [1.807, 2.05) is 0 Å². The Balaban J connectivity index is 3.21. The van der Waals surface area contributed by atoms with Gasteiger partial charge >= 0.3 is 0 Å². The summed E-state index contributed by atoms with van der Waals surface area (Å²) in [6.45, 7) is 5.79. The van der Waals surface area contributed by atoms with Gasteiger partial charge in [0.1, 0.15) is 0 Å². The van der Waals surface area contributed by atoms with Crippen molar-refractivity contribution in [1.82, 2.24) is 5.32 Å². The standard InChI is InChI=1S/C30H57NO3S/c1-2-3-4-5-6-7-8-9-10-11-12-13-14-15-16-17-18-20-23-30(32)31-24-27-33-25-21-19-22-26-34-28-29-35/h35H,2-10,13-29H2,1H3,(H,31,32). The molecule has 1 amide bonds. The molecule has 5 heteroatoms. The average molecular weight is 512 g/mol. The Morgan fingerprint density at radius 1 is 0.629 bits per heavy atom. The fraction of sp³-hybridized carbons (Fsp3) is 0.900. The van der Waals surface area contributed by atoms with E-state index in [0.29, 0.717) is 19.6 Å². The third-order valence-corrected chi connectivity index (χ3v) is 6.30. The lowest BCUT2D eigenvalue weighted by Gasteiger charge is -2.07. The summed E-state index contributed by atoms with van der Waals surface area (Å²) in [5.74, 6) is 7.64. The second kappa shape index (κ2) is 31.3. The fourth-order valence-electron chi connectivity index (χ4n) is 3.93. The number of ether oxygens (including phenoxy) is 2. The number of rotatable bonds is 27. The number of nitrogens with one attached hydrogen (secondary N) is 1. The molecule has 0 unspecified atom stereocenters. The van der Waals surface area contributed by atoms with Gasteiger partial charge in [-0.15, -0.1) is 11.8 Å². The van der Waals surface area contributed by atoms with E-state index in [-0.39, 0.29) is 5.91 Å². The monoisotopic (exact) mass is 511 g/mol. The number of hydrogen-bond acceptors (Lipinski definition) is 4. The molecule has 0 aromatic heterocycles. The van der Waals surface area contributed by atoms with E-state index in [1.165, 1.54) is 77.0 Å². The molecule has 0 aromatic carbocycles. The summed E-state index contributed by atoms with van der Waals surface area (Å²) < 4.78 is 11.0. The van der Waals surface area contributed by atoms with Crippen molar-refractivity contribution in [2.75, 3.05) is 38.7 Å². The van der Waals surface area contributed by atoms with Crippen molar-refractivity contribution in [3.8, 4) is 11.8 Å². The van der Waals surface area contributed by atoms with Gasteiger partial charge in [-0.2, -0.15) is 12.6 Å². The van der Waals surface area contributed by atoms with E-state index in [0.717, 1.165) is 70.5 Å². The van der Waals surface area contributed by atoms with Crippen molar-refractivity contribution >= 4 is 18.5 Å². The van der Waals surface area contributed by atoms with Crippen LogP contribution < -0.4 is 5.32 Å². The number of unbranched alkanes of at least 4 members (excludes halogenated alkanes) is 16. The van der Waals surface area contributed by atoms with Crippen LogP contribution in [0.25, 0.3) is 0 Å². The Labute approximate surface area is 223 Å². The fourth-order valence-corrected chi connectivity index (χ4v) is 4.06. The van der Waals surface area contributed by atoms with Crippen molar-refractivity contribution in [2.45, 2.75) is 135 Å². The van der Waals surface area contributed by atoms with Crippen LogP contribution in [0.2, 0.25) is 0 Å². The lowest BCUT2D eigenvalue weighted by Crippen LogP contribution is -2.27. The Hall–Kier alpha value is -0.700. The molecular formula is C30H57NO3S. The van der Waals surface area contributed by atoms with E-state index in [9.17, 15) is 4.79 Å². The Morgan fingerprint density at radius 2 is 1.11 bits per heavy atom. The first-order valence-corrected chi connectivity index (χ1v) is 15.4. The second-order valence-corrected chi connectivity index (χ2v) is 10.0. The molecule has 1 N–H and O–H groups in total. The first-order chi connectivity index (χ1) is 17.3. The minimum Gasteiger partial charge on any atom is -0.381 e. The highest BCUT2D eigenvalue weighted by atomic mass is 32.1. The highest BCUT2D eigenvalue weighted by molar-refractivity contribution is 7.80. The van der Waals surface area contributed by atoms with Gasteiger partial charge in [0.15, 0.2) is 0 Å². The third kappa shape index (κ3) is 31.3. The predicted molar refractivity (Wildman–Crippen MR) is 154 cm³/mol. The molecule has 0 aliphatic rings. The van der Waals surface area contributed by atoms with Crippen LogP contribution in [-0.4, -0.2) is 44.6 Å². The summed E-state index contributed by atoms with van der Waals surface area (Å²) in [5.41, 5.74) is 0. The van der Waals surface area contributed by atoms with E-state index in [4.69, 9.17) is 9.47 Å². The minimum atomic E-state index is 0.154. The molecule has 0 saturated carbocycles. The Morgan fingerprint density at radius 3 is 1.69 bits per heavy atom. The van der Waals surface area contributed by atoms with E-state index < -0.39 is 0 Å². The average Bonchev–Trinajstić information content (AvgIpc) is 2.86. The predicted octanol–water partition coefficient (Wildman–Crippen LogP) is 7.89. The van der Waals surface area contributed by atoms with Crippen LogP contribution in [0.4, 0.5) is 0 Å². The van der Waals surface area contributed by atoms with Crippen molar-refractivity contribution < 1.29 is 14.3 Å². The van der Waals surface area contributed by atoms with Crippen LogP contribution >= 0.6 is 12.6 Å². The van der Waals surface area contributed by atoms with Gasteiger partial charge in [-0.1, -0.05) is 77.6 Å². The summed E-state index contributed by atoms with van der Waals surface area (Å²) in [6, 6.07) is 0. The molecule has 0 fully saturated rings. The summed E-state index contributed by atoms with van der Waals surface area (Å²) in [5, 5.41) is 2.96. The van der Waals surface area contributed by atoms with Crippen LogP contribution in [0, 0.1) is 11.8 Å². The highest BCUT2D eigenvalue weighted by Crippen LogP contribution is 2.10. The molecule has 0 heterocycles. The quantitative estimate of drug-likeness (QED) is 0.0669. The Kier molecular flexibility index (Phi) is 30.7. The molecule has 0 aliphatic carbocycles. The molecule has 0 aliphatic heterocycles. The molecule has 0 bridgehead atoms. The van der Waals surface area contributed by atoms with Crippen molar-refractivity contribution in [2.24, 2.45) is 0 Å². The lowest BCUT2D eigenvalue weighted by atomic mass is 10.1. The SMILES string of the molecule is CCCCCCCCCCC#CCCCCCCCCC(=O)NCCOCCCCCOCCS. The largest absolute Gasteiger partial charge is 0.381 e. The van der Waals surface area contributed by atoms with Gasteiger partial charge < -0.3 is 14.8 Å². The van der Waals surface area contributed by atoms with Crippen LogP contribution in [0.15, 0.2) is 0 Å². The molecule has 4 nitrogen and oxygen atoms in total. The summed E-state index contributed by atoms with van der Waals surface area (Å²) in [6.07, 6.45) is 24.1. The second-order valence-electron chi connectivity index (χ2n) is 9.56. The summed E-state index contributed by atoms with van der Waals surface area (Å²) in [4.78, 5) is 11.9. The molecule has 0 saturated heterocycles. The molecule has 35 heavy (non-hydrogen) atoms. The summed E-state index contributed by atoms with van der Waals surface area (Å²) >= 11 is 4.11. The number of carbonyl (C=O) groups excluding carboxylic acids is 1. The van der Waals surface area contributed by atoms with Crippen LogP contribution in [0.1, 0.15) is 135 Å². The maximum absolute atomic E-state index is 11.9. The first kappa shape index (κ1) is 34.3. The van der Waals surface area contributed by atoms with Gasteiger partial charge in [0.25, 0.3) is 0 Å². The summed E-state index contributed by atoms with van der Waals surface area (Å²) in [7, 11) is 0. The van der Waals surface area contributed by atoms with Crippen LogP contribution in [0.3, 0.4) is 0 Å². The minimum absolute atomic E-state index is 0.154. The Bertz CT molecular complexity index is 490.